The predicted molar refractivity (Wildman–Crippen MR) is 118 cm³/mol. The second-order valence-corrected chi connectivity index (χ2v) is 8.29. The van der Waals surface area contributed by atoms with Gasteiger partial charge in [-0.2, -0.15) is 0 Å². The van der Waals surface area contributed by atoms with Crippen LogP contribution in [0.4, 0.5) is 5.69 Å². The number of anilines is 1. The molecule has 0 aromatic heterocycles. The molecule has 4 nitrogen and oxygen atoms in total. The molecule has 150 valence electrons. The summed E-state index contributed by atoms with van der Waals surface area (Å²) in [5, 5.41) is 0. The smallest absolute Gasteiger partial charge is 0.343 e. The quantitative estimate of drug-likeness (QED) is 0.427. The zero-order chi connectivity index (χ0) is 20.9. The Bertz CT molecular complexity index is 1170. The molecular formula is C26H23NO3. The predicted octanol–water partition coefficient (Wildman–Crippen LogP) is 5.44. The lowest BCUT2D eigenvalue weighted by atomic mass is 9.76. The number of fused-ring (bicyclic) bond motifs is 2. The number of hydrogen-bond donors (Lipinski definition) is 0. The molecule has 2 aliphatic heterocycles. The van der Waals surface area contributed by atoms with Gasteiger partial charge in [-0.15, -0.1) is 0 Å². The fourth-order valence-corrected chi connectivity index (χ4v) is 4.56. The highest BCUT2D eigenvalue weighted by Crippen LogP contribution is 2.54. The van der Waals surface area contributed by atoms with Crippen LogP contribution in [0.3, 0.4) is 0 Å². The minimum absolute atomic E-state index is 0.253. The number of hydrogen-bond acceptors (Lipinski definition) is 4. The van der Waals surface area contributed by atoms with Crippen LogP contribution < -0.4 is 14.4 Å². The first kappa shape index (κ1) is 18.5. The van der Waals surface area contributed by atoms with Crippen LogP contribution in [0.15, 0.2) is 78.9 Å². The zero-order valence-corrected chi connectivity index (χ0v) is 17.3. The summed E-state index contributed by atoms with van der Waals surface area (Å²) in [7, 11) is 2.06. The Morgan fingerprint density at radius 3 is 2.47 bits per heavy atom. The third-order valence-corrected chi connectivity index (χ3v) is 6.29. The number of rotatable bonds is 2. The van der Waals surface area contributed by atoms with E-state index in [9.17, 15) is 4.79 Å². The van der Waals surface area contributed by atoms with E-state index in [1.165, 1.54) is 11.3 Å². The Morgan fingerprint density at radius 1 is 0.967 bits per heavy atom. The Labute approximate surface area is 176 Å². The third kappa shape index (κ3) is 2.57. The molecule has 2 aliphatic rings. The van der Waals surface area contributed by atoms with Crippen molar-refractivity contribution < 1.29 is 14.3 Å². The first-order chi connectivity index (χ1) is 14.4. The maximum absolute atomic E-state index is 12.6. The van der Waals surface area contributed by atoms with Gasteiger partial charge < -0.3 is 14.4 Å². The lowest BCUT2D eigenvalue weighted by Crippen LogP contribution is -2.58. The maximum Gasteiger partial charge on any atom is 0.343 e. The van der Waals surface area contributed by atoms with Crippen molar-refractivity contribution in [3.05, 3.63) is 95.6 Å². The molecule has 1 atom stereocenters. The van der Waals surface area contributed by atoms with Gasteiger partial charge in [0.15, 0.2) is 0 Å². The standard InChI is InChI=1S/C26H23NO3/c1-25(2)21-11-7-8-12-22(21)27(3)26(25)16-15-18-17-19(13-14-23(18)30-26)24(28)29-20-9-5-4-6-10-20/h4-17H,1-3H3. The van der Waals surface area contributed by atoms with Gasteiger partial charge in [0.1, 0.15) is 11.5 Å². The third-order valence-electron chi connectivity index (χ3n) is 6.29. The number of esters is 1. The number of likely N-dealkylation sites (N-methyl/N-ethyl adjacent to an activating group) is 1. The van der Waals surface area contributed by atoms with Crippen molar-refractivity contribution >= 4 is 17.7 Å². The molecular weight excluding hydrogens is 374 g/mol. The van der Waals surface area contributed by atoms with Gasteiger partial charge in [-0.05, 0) is 68.0 Å². The van der Waals surface area contributed by atoms with Crippen molar-refractivity contribution in [2.45, 2.75) is 25.0 Å². The SMILES string of the molecule is CN1c2ccccc2C(C)(C)C12C=Cc1cc(C(=O)Oc3ccccc3)ccc1O2. The maximum atomic E-state index is 12.6. The van der Waals surface area contributed by atoms with E-state index < -0.39 is 5.72 Å². The van der Waals surface area contributed by atoms with Crippen LogP contribution in [0.25, 0.3) is 6.08 Å². The average Bonchev–Trinajstić information content (AvgIpc) is 2.93. The summed E-state index contributed by atoms with van der Waals surface area (Å²) in [6, 6.07) is 22.9. The van der Waals surface area contributed by atoms with Crippen LogP contribution in [0.1, 0.15) is 35.3 Å². The van der Waals surface area contributed by atoms with Gasteiger partial charge in [0.2, 0.25) is 5.72 Å². The molecule has 0 radical (unpaired) electrons. The number of benzene rings is 3. The van der Waals surface area contributed by atoms with Crippen LogP contribution in [-0.4, -0.2) is 18.7 Å². The molecule has 0 fully saturated rings. The van der Waals surface area contributed by atoms with Crippen molar-refractivity contribution in [3.63, 3.8) is 0 Å². The monoisotopic (exact) mass is 397 g/mol. The molecule has 0 amide bonds. The molecule has 0 saturated carbocycles. The Hall–Kier alpha value is -3.53. The Balaban J connectivity index is 1.47. The molecule has 0 bridgehead atoms. The number of para-hydroxylation sites is 2. The summed E-state index contributed by atoms with van der Waals surface area (Å²) < 4.78 is 12.1. The van der Waals surface area contributed by atoms with Crippen molar-refractivity contribution in [3.8, 4) is 11.5 Å². The average molecular weight is 397 g/mol. The van der Waals surface area contributed by atoms with Gasteiger partial charge in [0.05, 0.1) is 11.0 Å². The lowest BCUT2D eigenvalue weighted by Gasteiger charge is -2.45. The molecule has 0 saturated heterocycles. The molecule has 4 heteroatoms. The largest absolute Gasteiger partial charge is 0.463 e. The zero-order valence-electron chi connectivity index (χ0n) is 17.3. The van der Waals surface area contributed by atoms with E-state index in [0.717, 1.165) is 11.3 Å². The van der Waals surface area contributed by atoms with Crippen molar-refractivity contribution in [2.75, 3.05) is 11.9 Å². The highest BCUT2D eigenvalue weighted by molar-refractivity contribution is 5.92. The van der Waals surface area contributed by atoms with Crippen LogP contribution in [-0.2, 0) is 5.41 Å². The molecule has 1 spiro atoms. The molecule has 30 heavy (non-hydrogen) atoms. The first-order valence-electron chi connectivity index (χ1n) is 10.1. The molecule has 5 rings (SSSR count). The van der Waals surface area contributed by atoms with Crippen molar-refractivity contribution in [2.24, 2.45) is 0 Å². The van der Waals surface area contributed by atoms with Crippen LogP contribution in [0.5, 0.6) is 11.5 Å². The minimum Gasteiger partial charge on any atom is -0.463 e. The van der Waals surface area contributed by atoms with E-state index in [2.05, 4.69) is 56.1 Å². The van der Waals surface area contributed by atoms with Gasteiger partial charge >= 0.3 is 5.97 Å². The molecule has 3 aromatic rings. The minimum atomic E-state index is -0.629. The van der Waals surface area contributed by atoms with E-state index in [1.807, 2.05) is 36.4 Å². The molecule has 3 aromatic carbocycles. The Morgan fingerprint density at radius 2 is 1.70 bits per heavy atom. The van der Waals surface area contributed by atoms with Gasteiger partial charge in [0.25, 0.3) is 0 Å². The van der Waals surface area contributed by atoms with Gasteiger partial charge in [-0.25, -0.2) is 4.79 Å². The van der Waals surface area contributed by atoms with Crippen LogP contribution in [0.2, 0.25) is 0 Å². The highest BCUT2D eigenvalue weighted by Gasteiger charge is 2.57. The van der Waals surface area contributed by atoms with E-state index in [-0.39, 0.29) is 11.4 Å². The van der Waals surface area contributed by atoms with E-state index in [0.29, 0.717) is 11.3 Å². The second kappa shape index (κ2) is 6.49. The molecule has 0 aliphatic carbocycles. The summed E-state index contributed by atoms with van der Waals surface area (Å²) in [6.07, 6.45) is 4.14. The highest BCUT2D eigenvalue weighted by atomic mass is 16.5. The Kier molecular flexibility index (Phi) is 4.00. The summed E-state index contributed by atoms with van der Waals surface area (Å²) in [5.41, 5.74) is 2.89. The number of carbonyl (C=O) groups is 1. The molecule has 1 unspecified atom stereocenters. The number of carbonyl (C=O) groups excluding carboxylic acids is 1. The summed E-state index contributed by atoms with van der Waals surface area (Å²) in [5.74, 6) is 0.892. The van der Waals surface area contributed by atoms with Gasteiger partial charge in [-0.3, -0.25) is 0 Å². The van der Waals surface area contributed by atoms with E-state index in [4.69, 9.17) is 9.47 Å². The van der Waals surface area contributed by atoms with E-state index in [1.54, 1.807) is 18.2 Å². The topological polar surface area (TPSA) is 38.8 Å². The summed E-state index contributed by atoms with van der Waals surface area (Å²) >= 11 is 0. The van der Waals surface area contributed by atoms with Gasteiger partial charge in [0, 0.05) is 18.3 Å². The molecule has 0 N–H and O–H groups in total. The summed E-state index contributed by atoms with van der Waals surface area (Å²) in [6.45, 7) is 4.41. The fraction of sp³-hybridized carbons (Fsp3) is 0.192. The normalized spacial score (nSPS) is 20.4. The summed E-state index contributed by atoms with van der Waals surface area (Å²) in [4.78, 5) is 14.8. The van der Waals surface area contributed by atoms with E-state index >= 15 is 0 Å². The number of nitrogens with zero attached hydrogens (tertiary/aromatic N) is 1. The second-order valence-electron chi connectivity index (χ2n) is 8.29. The van der Waals surface area contributed by atoms with Gasteiger partial charge in [-0.1, -0.05) is 36.4 Å². The van der Waals surface area contributed by atoms with Crippen LogP contribution >= 0.6 is 0 Å². The number of ether oxygens (including phenoxy) is 2. The van der Waals surface area contributed by atoms with Crippen LogP contribution in [0, 0.1) is 0 Å². The first-order valence-corrected chi connectivity index (χ1v) is 10.1. The van der Waals surface area contributed by atoms with Crippen molar-refractivity contribution in [1.82, 2.24) is 0 Å². The lowest BCUT2D eigenvalue weighted by molar-refractivity contribution is 0.0581. The van der Waals surface area contributed by atoms with Crippen molar-refractivity contribution in [1.29, 1.82) is 0 Å². The molecule has 2 heterocycles. The fourth-order valence-electron chi connectivity index (χ4n) is 4.56.